The third-order valence-corrected chi connectivity index (χ3v) is 5.62. The lowest BCUT2D eigenvalue weighted by Gasteiger charge is -2.32. The van der Waals surface area contributed by atoms with Gasteiger partial charge in [-0.2, -0.15) is 0 Å². The van der Waals surface area contributed by atoms with Crippen molar-refractivity contribution in [3.8, 4) is 5.75 Å². The minimum atomic E-state index is 0.0727. The summed E-state index contributed by atoms with van der Waals surface area (Å²) in [5, 5.41) is 2.30. The minimum Gasteiger partial charge on any atom is -0.484 e. The second-order valence-electron chi connectivity index (χ2n) is 7.47. The molecule has 0 spiro atoms. The van der Waals surface area contributed by atoms with Gasteiger partial charge in [0, 0.05) is 38.4 Å². The highest BCUT2D eigenvalue weighted by molar-refractivity contribution is 5.84. The van der Waals surface area contributed by atoms with Gasteiger partial charge < -0.3 is 14.2 Å². The van der Waals surface area contributed by atoms with Crippen molar-refractivity contribution in [3.63, 3.8) is 0 Å². The number of aromatic nitrogens is 2. The van der Waals surface area contributed by atoms with Crippen LogP contribution in [0.1, 0.15) is 25.6 Å². The van der Waals surface area contributed by atoms with Crippen LogP contribution < -0.4 is 4.74 Å². The number of hydrogen-bond donors (Lipinski definition) is 0. The van der Waals surface area contributed by atoms with E-state index in [1.807, 2.05) is 41.4 Å². The summed E-state index contributed by atoms with van der Waals surface area (Å²) in [6, 6.07) is 14.1. The van der Waals surface area contributed by atoms with Crippen molar-refractivity contribution in [3.05, 3.63) is 60.7 Å². The summed E-state index contributed by atoms with van der Waals surface area (Å²) < 4.78 is 8.02. The third-order valence-electron chi connectivity index (χ3n) is 5.62. The van der Waals surface area contributed by atoms with E-state index >= 15 is 0 Å². The lowest BCUT2D eigenvalue weighted by molar-refractivity contribution is -0.134. The van der Waals surface area contributed by atoms with Gasteiger partial charge in [0.2, 0.25) is 0 Å². The molecule has 2 aromatic carbocycles. The molecule has 5 nitrogen and oxygen atoms in total. The number of benzene rings is 2. The van der Waals surface area contributed by atoms with Gasteiger partial charge in [0.1, 0.15) is 11.6 Å². The molecule has 3 aromatic rings. The average molecular weight is 377 g/mol. The normalized spacial score (nSPS) is 15.1. The minimum absolute atomic E-state index is 0.0727. The van der Waals surface area contributed by atoms with Gasteiger partial charge in [-0.3, -0.25) is 4.79 Å². The summed E-state index contributed by atoms with van der Waals surface area (Å²) in [5.41, 5.74) is 0. The van der Waals surface area contributed by atoms with Crippen LogP contribution in [0.5, 0.6) is 5.75 Å². The van der Waals surface area contributed by atoms with E-state index in [4.69, 9.17) is 4.74 Å². The lowest BCUT2D eigenvalue weighted by Crippen LogP contribution is -2.41. The molecule has 1 fully saturated rings. The number of aryl methyl sites for hydroxylation is 1. The van der Waals surface area contributed by atoms with Gasteiger partial charge in [-0.1, -0.05) is 37.3 Å². The van der Waals surface area contributed by atoms with Crippen LogP contribution in [-0.4, -0.2) is 40.1 Å². The molecule has 1 amide bonds. The van der Waals surface area contributed by atoms with Gasteiger partial charge in [-0.15, -0.1) is 0 Å². The molecular weight excluding hydrogens is 350 g/mol. The van der Waals surface area contributed by atoms with Crippen LogP contribution >= 0.6 is 0 Å². The lowest BCUT2D eigenvalue weighted by atomic mass is 9.96. The number of carbonyl (C=O) groups is 1. The number of fused-ring (bicyclic) bond motifs is 1. The first-order valence-electron chi connectivity index (χ1n) is 10.1. The van der Waals surface area contributed by atoms with Crippen molar-refractivity contribution >= 4 is 16.7 Å². The summed E-state index contributed by atoms with van der Waals surface area (Å²) in [4.78, 5) is 18.9. The Morgan fingerprint density at radius 1 is 1.14 bits per heavy atom. The number of piperidine rings is 1. The second kappa shape index (κ2) is 8.46. The molecule has 1 aliphatic heterocycles. The average Bonchev–Trinajstić information content (AvgIpc) is 3.19. The van der Waals surface area contributed by atoms with Gasteiger partial charge >= 0.3 is 0 Å². The van der Waals surface area contributed by atoms with Crippen molar-refractivity contribution in [1.82, 2.24) is 14.5 Å². The van der Waals surface area contributed by atoms with Gasteiger partial charge in [0.05, 0.1) is 0 Å². The highest BCUT2D eigenvalue weighted by atomic mass is 16.5. The van der Waals surface area contributed by atoms with E-state index in [2.05, 4.69) is 34.8 Å². The molecule has 0 atom stereocenters. The fourth-order valence-corrected chi connectivity index (χ4v) is 3.96. The predicted octanol–water partition coefficient (Wildman–Crippen LogP) is 3.92. The number of hydrogen-bond acceptors (Lipinski definition) is 3. The Bertz CT molecular complexity index is 942. The molecule has 1 saturated heterocycles. The van der Waals surface area contributed by atoms with Crippen LogP contribution in [0.2, 0.25) is 0 Å². The number of nitrogens with zero attached hydrogens (tertiary/aromatic N) is 3. The number of imidazole rings is 1. The van der Waals surface area contributed by atoms with Crippen molar-refractivity contribution in [1.29, 1.82) is 0 Å². The van der Waals surface area contributed by atoms with Crippen molar-refractivity contribution in [2.75, 3.05) is 19.7 Å². The van der Waals surface area contributed by atoms with E-state index < -0.39 is 0 Å². The maximum absolute atomic E-state index is 12.5. The summed E-state index contributed by atoms with van der Waals surface area (Å²) in [5.74, 6) is 2.56. The first-order valence-corrected chi connectivity index (χ1v) is 10.1. The van der Waals surface area contributed by atoms with E-state index in [9.17, 15) is 4.79 Å². The Hall–Kier alpha value is -2.82. The molecule has 4 rings (SSSR count). The van der Waals surface area contributed by atoms with Crippen LogP contribution in [-0.2, 0) is 17.8 Å². The summed E-state index contributed by atoms with van der Waals surface area (Å²) >= 11 is 0. The van der Waals surface area contributed by atoms with E-state index in [-0.39, 0.29) is 12.5 Å². The molecule has 0 unspecified atom stereocenters. The summed E-state index contributed by atoms with van der Waals surface area (Å²) in [6.07, 6.45) is 6.96. The molecule has 0 saturated carbocycles. The second-order valence-corrected chi connectivity index (χ2v) is 7.47. The first-order chi connectivity index (χ1) is 13.7. The maximum Gasteiger partial charge on any atom is 0.260 e. The fraction of sp³-hybridized carbons (Fsp3) is 0.391. The Labute approximate surface area is 165 Å². The quantitative estimate of drug-likeness (QED) is 0.654. The Morgan fingerprint density at radius 2 is 1.93 bits per heavy atom. The molecule has 1 aliphatic rings. The maximum atomic E-state index is 12.5. The topological polar surface area (TPSA) is 47.4 Å². The SMILES string of the molecule is CCc1nccn1CC1CCN(C(=O)COc2ccc3ccccc3c2)CC1. The largest absolute Gasteiger partial charge is 0.484 e. The Morgan fingerprint density at radius 3 is 2.71 bits per heavy atom. The predicted molar refractivity (Wildman–Crippen MR) is 110 cm³/mol. The Kier molecular flexibility index (Phi) is 5.60. The highest BCUT2D eigenvalue weighted by Crippen LogP contribution is 2.22. The van der Waals surface area contributed by atoms with Crippen molar-refractivity contribution in [2.24, 2.45) is 5.92 Å². The molecular formula is C23H27N3O2. The number of rotatable bonds is 6. The van der Waals surface area contributed by atoms with Crippen LogP contribution in [0.4, 0.5) is 0 Å². The molecule has 5 heteroatoms. The van der Waals surface area contributed by atoms with Crippen molar-refractivity contribution < 1.29 is 9.53 Å². The third kappa shape index (κ3) is 4.19. The zero-order valence-electron chi connectivity index (χ0n) is 16.4. The number of carbonyl (C=O) groups excluding carboxylic acids is 1. The van der Waals surface area contributed by atoms with E-state index in [1.54, 1.807) is 0 Å². The van der Waals surface area contributed by atoms with E-state index in [1.165, 1.54) is 5.39 Å². The van der Waals surface area contributed by atoms with Gasteiger partial charge in [-0.05, 0) is 41.7 Å². The molecule has 146 valence electrons. The summed E-state index contributed by atoms with van der Waals surface area (Å²) in [7, 11) is 0. The zero-order chi connectivity index (χ0) is 19.3. The van der Waals surface area contributed by atoms with Crippen LogP contribution in [0.25, 0.3) is 10.8 Å². The van der Waals surface area contributed by atoms with Gasteiger partial charge in [-0.25, -0.2) is 4.98 Å². The fourth-order valence-electron chi connectivity index (χ4n) is 3.96. The van der Waals surface area contributed by atoms with Crippen LogP contribution in [0.15, 0.2) is 54.9 Å². The van der Waals surface area contributed by atoms with Crippen LogP contribution in [0, 0.1) is 5.92 Å². The van der Waals surface area contributed by atoms with Crippen LogP contribution in [0.3, 0.4) is 0 Å². The number of ether oxygens (including phenoxy) is 1. The number of likely N-dealkylation sites (tertiary alicyclic amines) is 1. The molecule has 0 N–H and O–H groups in total. The number of amides is 1. The first kappa shape index (κ1) is 18.5. The standard InChI is InChI=1S/C23H27N3O2/c1-2-22-24-11-14-26(22)16-18-9-12-25(13-10-18)23(27)17-28-21-8-7-19-5-3-4-6-20(19)15-21/h3-8,11,14-15,18H,2,9-10,12-13,16-17H2,1H3. The smallest absolute Gasteiger partial charge is 0.260 e. The highest BCUT2D eigenvalue weighted by Gasteiger charge is 2.23. The van der Waals surface area contributed by atoms with Gasteiger partial charge in [0.15, 0.2) is 6.61 Å². The molecule has 0 radical (unpaired) electrons. The molecule has 2 heterocycles. The molecule has 0 aliphatic carbocycles. The summed E-state index contributed by atoms with van der Waals surface area (Å²) in [6.45, 7) is 4.85. The zero-order valence-corrected chi connectivity index (χ0v) is 16.4. The van der Waals surface area contributed by atoms with E-state index in [0.717, 1.165) is 55.9 Å². The monoisotopic (exact) mass is 377 g/mol. The Balaban J connectivity index is 1.26. The molecule has 1 aromatic heterocycles. The molecule has 28 heavy (non-hydrogen) atoms. The molecule has 0 bridgehead atoms. The van der Waals surface area contributed by atoms with Crippen molar-refractivity contribution in [2.45, 2.75) is 32.7 Å². The van der Waals surface area contributed by atoms with Gasteiger partial charge in [0.25, 0.3) is 5.91 Å². The van der Waals surface area contributed by atoms with E-state index in [0.29, 0.717) is 5.92 Å².